The average molecular weight is 232 g/mol. The highest BCUT2D eigenvalue weighted by atomic mass is 32.1. The summed E-state index contributed by atoms with van der Waals surface area (Å²) in [6.45, 7) is 3.78. The molecule has 0 bridgehead atoms. The Morgan fingerprint density at radius 1 is 1.38 bits per heavy atom. The van der Waals surface area contributed by atoms with Crippen molar-refractivity contribution < 1.29 is 0 Å². The van der Waals surface area contributed by atoms with E-state index in [0.29, 0.717) is 0 Å². The van der Waals surface area contributed by atoms with Crippen LogP contribution in [0.15, 0.2) is 39.5 Å². The second-order valence-corrected chi connectivity index (χ2v) is 4.56. The second-order valence-electron chi connectivity index (χ2n) is 3.58. The van der Waals surface area contributed by atoms with E-state index in [2.05, 4.69) is 5.10 Å². The van der Waals surface area contributed by atoms with Crippen LogP contribution in [0.1, 0.15) is 16.1 Å². The van der Waals surface area contributed by atoms with E-state index in [4.69, 9.17) is 0 Å². The number of pyridine rings is 1. The molecule has 0 fully saturated rings. The van der Waals surface area contributed by atoms with Gasteiger partial charge in [-0.15, -0.1) is 11.3 Å². The van der Waals surface area contributed by atoms with Crippen molar-refractivity contribution in [2.24, 2.45) is 5.10 Å². The Labute approximate surface area is 97.7 Å². The van der Waals surface area contributed by atoms with Crippen LogP contribution in [-0.4, -0.2) is 10.9 Å². The lowest BCUT2D eigenvalue weighted by Crippen LogP contribution is -2.18. The largest absolute Gasteiger partial charge is 0.271 e. The maximum Gasteiger partial charge on any atom is 0.271 e. The van der Waals surface area contributed by atoms with Crippen molar-refractivity contribution in [2.75, 3.05) is 0 Å². The summed E-state index contributed by atoms with van der Waals surface area (Å²) in [6.07, 6.45) is 1.70. The standard InChI is InChI=1S/C12H12N2OS/c1-9-6-10(2)14(12(15)7-9)13-8-11-4-3-5-16-11/h3-8H,1-2H3/b13-8+. The SMILES string of the molecule is Cc1cc(C)n(/N=C/c2cccs2)c(=O)c1. The third kappa shape index (κ3) is 2.28. The quantitative estimate of drug-likeness (QED) is 0.732. The molecule has 0 N–H and O–H groups in total. The first-order chi connectivity index (χ1) is 7.66. The van der Waals surface area contributed by atoms with Crippen LogP contribution in [0.25, 0.3) is 0 Å². The fraction of sp³-hybridized carbons (Fsp3) is 0.167. The Morgan fingerprint density at radius 3 is 2.81 bits per heavy atom. The number of hydrogen-bond acceptors (Lipinski definition) is 3. The summed E-state index contributed by atoms with van der Waals surface area (Å²) in [5, 5.41) is 6.16. The molecule has 2 aromatic rings. The van der Waals surface area contributed by atoms with Crippen LogP contribution in [0, 0.1) is 13.8 Å². The van der Waals surface area contributed by atoms with Crippen molar-refractivity contribution in [1.82, 2.24) is 4.68 Å². The van der Waals surface area contributed by atoms with Crippen LogP contribution in [0.3, 0.4) is 0 Å². The van der Waals surface area contributed by atoms with Gasteiger partial charge in [0.1, 0.15) is 0 Å². The van der Waals surface area contributed by atoms with Gasteiger partial charge in [0.25, 0.3) is 5.56 Å². The summed E-state index contributed by atoms with van der Waals surface area (Å²) in [5.74, 6) is 0. The second kappa shape index (κ2) is 4.45. The molecule has 2 aromatic heterocycles. The Kier molecular flexibility index (Phi) is 3.01. The minimum absolute atomic E-state index is 0.0923. The maximum atomic E-state index is 11.7. The first-order valence-corrected chi connectivity index (χ1v) is 5.83. The monoisotopic (exact) mass is 232 g/mol. The first-order valence-electron chi connectivity index (χ1n) is 4.95. The third-order valence-electron chi connectivity index (χ3n) is 2.17. The van der Waals surface area contributed by atoms with Gasteiger partial charge in [0.05, 0.1) is 6.21 Å². The molecule has 0 amide bonds. The minimum atomic E-state index is -0.0923. The number of thiophene rings is 1. The molecule has 0 aromatic carbocycles. The zero-order valence-corrected chi connectivity index (χ0v) is 9.99. The van der Waals surface area contributed by atoms with E-state index in [1.165, 1.54) is 4.68 Å². The molecule has 0 radical (unpaired) electrons. The fourth-order valence-electron chi connectivity index (χ4n) is 1.49. The van der Waals surface area contributed by atoms with Crippen molar-refractivity contribution in [3.8, 4) is 0 Å². The fourth-order valence-corrected chi connectivity index (χ4v) is 2.07. The van der Waals surface area contributed by atoms with Gasteiger partial charge in [-0.2, -0.15) is 5.10 Å². The molecule has 0 aliphatic heterocycles. The van der Waals surface area contributed by atoms with Gasteiger partial charge in [0, 0.05) is 16.6 Å². The molecule has 4 heteroatoms. The molecule has 2 rings (SSSR count). The molecular formula is C12H12N2OS. The predicted octanol–water partition coefficient (Wildman–Crippen LogP) is 2.41. The molecular weight excluding hydrogens is 220 g/mol. The molecule has 0 saturated heterocycles. The van der Waals surface area contributed by atoms with E-state index >= 15 is 0 Å². The van der Waals surface area contributed by atoms with Crippen molar-refractivity contribution in [2.45, 2.75) is 13.8 Å². The van der Waals surface area contributed by atoms with E-state index < -0.39 is 0 Å². The van der Waals surface area contributed by atoms with Gasteiger partial charge in [-0.1, -0.05) is 6.07 Å². The van der Waals surface area contributed by atoms with E-state index in [-0.39, 0.29) is 5.56 Å². The number of rotatable bonds is 2. The van der Waals surface area contributed by atoms with Gasteiger partial charge in [0.15, 0.2) is 0 Å². The van der Waals surface area contributed by atoms with E-state index in [9.17, 15) is 4.79 Å². The highest BCUT2D eigenvalue weighted by molar-refractivity contribution is 7.11. The van der Waals surface area contributed by atoms with Crippen LogP contribution < -0.4 is 5.56 Å². The van der Waals surface area contributed by atoms with E-state index in [1.54, 1.807) is 23.6 Å². The van der Waals surface area contributed by atoms with Gasteiger partial charge in [-0.3, -0.25) is 4.79 Å². The Bertz CT molecular complexity index is 567. The smallest absolute Gasteiger partial charge is 0.267 e. The highest BCUT2D eigenvalue weighted by Gasteiger charge is 1.98. The molecule has 0 aliphatic rings. The van der Waals surface area contributed by atoms with E-state index in [1.807, 2.05) is 37.4 Å². The average Bonchev–Trinajstić information content (AvgIpc) is 2.68. The van der Waals surface area contributed by atoms with Crippen LogP contribution >= 0.6 is 11.3 Å². The minimum Gasteiger partial charge on any atom is -0.267 e. The zero-order chi connectivity index (χ0) is 11.5. The van der Waals surface area contributed by atoms with Crippen molar-refractivity contribution in [3.63, 3.8) is 0 Å². The lowest BCUT2D eigenvalue weighted by Gasteiger charge is -2.03. The molecule has 0 aliphatic carbocycles. The van der Waals surface area contributed by atoms with Gasteiger partial charge in [-0.25, -0.2) is 4.68 Å². The zero-order valence-electron chi connectivity index (χ0n) is 9.18. The van der Waals surface area contributed by atoms with Crippen molar-refractivity contribution >= 4 is 17.6 Å². The Balaban J connectivity index is 2.39. The lowest BCUT2D eigenvalue weighted by molar-refractivity contribution is 0.791. The van der Waals surface area contributed by atoms with Gasteiger partial charge < -0.3 is 0 Å². The summed E-state index contributed by atoms with van der Waals surface area (Å²) in [4.78, 5) is 12.7. The lowest BCUT2D eigenvalue weighted by atomic mass is 10.2. The predicted molar refractivity (Wildman–Crippen MR) is 67.5 cm³/mol. The van der Waals surface area contributed by atoms with Crippen molar-refractivity contribution in [1.29, 1.82) is 0 Å². The Hall–Kier alpha value is -1.68. The molecule has 0 unspecified atom stereocenters. The maximum absolute atomic E-state index is 11.7. The van der Waals surface area contributed by atoms with Gasteiger partial charge in [0.2, 0.25) is 0 Å². The van der Waals surface area contributed by atoms with E-state index in [0.717, 1.165) is 16.1 Å². The summed E-state index contributed by atoms with van der Waals surface area (Å²) >= 11 is 1.59. The molecule has 2 heterocycles. The number of hydrogen-bond donors (Lipinski definition) is 0. The van der Waals surface area contributed by atoms with Crippen LogP contribution in [0.2, 0.25) is 0 Å². The summed E-state index contributed by atoms with van der Waals surface area (Å²) in [5.41, 5.74) is 1.72. The van der Waals surface area contributed by atoms with Gasteiger partial charge >= 0.3 is 0 Å². The normalized spacial score (nSPS) is 11.1. The number of aromatic nitrogens is 1. The summed E-state index contributed by atoms with van der Waals surface area (Å²) < 4.78 is 1.41. The topological polar surface area (TPSA) is 34.4 Å². The molecule has 0 spiro atoms. The van der Waals surface area contributed by atoms with Crippen LogP contribution in [0.4, 0.5) is 0 Å². The van der Waals surface area contributed by atoms with Crippen molar-refractivity contribution in [3.05, 3.63) is 56.1 Å². The van der Waals surface area contributed by atoms with Crippen LogP contribution in [-0.2, 0) is 0 Å². The molecule has 82 valence electrons. The molecule has 16 heavy (non-hydrogen) atoms. The summed E-state index contributed by atoms with van der Waals surface area (Å²) in [6, 6.07) is 7.44. The van der Waals surface area contributed by atoms with Gasteiger partial charge in [-0.05, 0) is 36.9 Å². The number of nitrogens with zero attached hydrogens (tertiary/aromatic N) is 2. The summed E-state index contributed by atoms with van der Waals surface area (Å²) in [7, 11) is 0. The Morgan fingerprint density at radius 2 is 2.19 bits per heavy atom. The first kappa shape index (κ1) is 10.8. The van der Waals surface area contributed by atoms with Crippen LogP contribution in [0.5, 0.6) is 0 Å². The third-order valence-corrected chi connectivity index (χ3v) is 2.98. The highest BCUT2D eigenvalue weighted by Crippen LogP contribution is 2.05. The molecule has 3 nitrogen and oxygen atoms in total. The molecule has 0 atom stereocenters. The number of aryl methyl sites for hydroxylation is 2. The molecule has 0 saturated carbocycles.